The van der Waals surface area contributed by atoms with E-state index in [1.807, 2.05) is 38.1 Å². The number of aryl methyl sites for hydroxylation is 1. The molecule has 1 fully saturated rings. The van der Waals surface area contributed by atoms with Crippen LogP contribution in [0.2, 0.25) is 10.0 Å². The Kier molecular flexibility index (Phi) is 8.11. The summed E-state index contributed by atoms with van der Waals surface area (Å²) in [4.78, 5) is 31.7. The standard InChI is InChI=1S/C27H29Cl2N5O2/c1-18(2)34(27(36)22-9-8-21(28)16-23(22)29)17-26(35)33-14-12-32(13-15-33)25-11-10-24(30-31-25)20-6-4-19(3)5-7-20/h4-11,16,18H,12-15,17H2,1-3H3. The summed E-state index contributed by atoms with van der Waals surface area (Å²) in [6.45, 7) is 8.17. The maximum atomic E-state index is 13.1. The van der Waals surface area contributed by atoms with Crippen LogP contribution in [0, 0.1) is 6.92 Å². The maximum Gasteiger partial charge on any atom is 0.256 e. The highest BCUT2D eigenvalue weighted by atomic mass is 35.5. The molecule has 0 unspecified atom stereocenters. The Morgan fingerprint density at radius 3 is 2.22 bits per heavy atom. The normalized spacial score (nSPS) is 13.7. The average Bonchev–Trinajstić information content (AvgIpc) is 2.87. The number of hydrogen-bond acceptors (Lipinski definition) is 5. The molecule has 3 aromatic rings. The first-order valence-corrected chi connectivity index (χ1v) is 12.7. The Balaban J connectivity index is 1.36. The summed E-state index contributed by atoms with van der Waals surface area (Å²) in [7, 11) is 0. The van der Waals surface area contributed by atoms with Crippen molar-refractivity contribution in [2.45, 2.75) is 26.8 Å². The second-order valence-corrected chi connectivity index (χ2v) is 10.0. The van der Waals surface area contributed by atoms with E-state index in [0.717, 1.165) is 17.1 Å². The van der Waals surface area contributed by atoms with Crippen molar-refractivity contribution in [2.24, 2.45) is 0 Å². The second-order valence-electron chi connectivity index (χ2n) is 9.16. The van der Waals surface area contributed by atoms with Gasteiger partial charge in [0.05, 0.1) is 16.3 Å². The molecule has 0 atom stereocenters. The monoisotopic (exact) mass is 525 g/mol. The predicted octanol–water partition coefficient (Wildman–Crippen LogP) is 4.96. The first-order chi connectivity index (χ1) is 17.2. The topological polar surface area (TPSA) is 69.6 Å². The largest absolute Gasteiger partial charge is 0.352 e. The summed E-state index contributed by atoms with van der Waals surface area (Å²) in [6.07, 6.45) is 0. The summed E-state index contributed by atoms with van der Waals surface area (Å²) in [5, 5.41) is 9.53. The van der Waals surface area contributed by atoms with E-state index in [4.69, 9.17) is 23.2 Å². The molecule has 9 heteroatoms. The number of piperazine rings is 1. The number of carbonyl (C=O) groups is 2. The fraction of sp³-hybridized carbons (Fsp3) is 0.333. The fourth-order valence-electron chi connectivity index (χ4n) is 4.11. The summed E-state index contributed by atoms with van der Waals surface area (Å²) in [5.41, 5.74) is 3.39. The van der Waals surface area contributed by atoms with E-state index in [0.29, 0.717) is 36.8 Å². The average molecular weight is 526 g/mol. The summed E-state index contributed by atoms with van der Waals surface area (Å²) in [6, 6.07) is 16.7. The Bertz CT molecular complexity index is 1220. The highest BCUT2D eigenvalue weighted by molar-refractivity contribution is 6.36. The van der Waals surface area contributed by atoms with Gasteiger partial charge < -0.3 is 14.7 Å². The van der Waals surface area contributed by atoms with Gasteiger partial charge in [0, 0.05) is 42.8 Å². The SMILES string of the molecule is Cc1ccc(-c2ccc(N3CCN(C(=O)CN(C(=O)c4ccc(Cl)cc4Cl)C(C)C)CC3)nn2)cc1. The van der Waals surface area contributed by atoms with Gasteiger partial charge in [-0.2, -0.15) is 0 Å². The lowest BCUT2D eigenvalue weighted by molar-refractivity contribution is -0.132. The molecule has 0 saturated carbocycles. The minimum absolute atomic E-state index is 0.0134. The molecule has 2 heterocycles. The minimum atomic E-state index is -0.289. The van der Waals surface area contributed by atoms with Crippen LogP contribution in [0.1, 0.15) is 29.8 Å². The van der Waals surface area contributed by atoms with Gasteiger partial charge >= 0.3 is 0 Å². The van der Waals surface area contributed by atoms with E-state index in [-0.39, 0.29) is 29.4 Å². The molecular formula is C27H29Cl2N5O2. The van der Waals surface area contributed by atoms with Gasteiger partial charge in [0.25, 0.3) is 5.91 Å². The lowest BCUT2D eigenvalue weighted by Crippen LogP contribution is -2.53. The van der Waals surface area contributed by atoms with E-state index in [1.54, 1.807) is 21.9 Å². The number of hydrogen-bond donors (Lipinski definition) is 0. The third-order valence-corrected chi connectivity index (χ3v) is 6.85. The van der Waals surface area contributed by atoms with Crippen LogP contribution in [0.3, 0.4) is 0 Å². The third-order valence-electron chi connectivity index (χ3n) is 6.31. The molecule has 2 aromatic carbocycles. The van der Waals surface area contributed by atoms with Crippen molar-refractivity contribution >= 4 is 40.8 Å². The zero-order chi connectivity index (χ0) is 25.8. The molecule has 0 aliphatic carbocycles. The quantitative estimate of drug-likeness (QED) is 0.454. The number of carbonyl (C=O) groups excluding carboxylic acids is 2. The van der Waals surface area contributed by atoms with E-state index in [1.165, 1.54) is 11.6 Å². The molecule has 0 bridgehead atoms. The number of amides is 2. The van der Waals surface area contributed by atoms with Crippen LogP contribution in [-0.4, -0.2) is 70.6 Å². The second kappa shape index (κ2) is 11.3. The molecule has 1 aromatic heterocycles. The lowest BCUT2D eigenvalue weighted by Gasteiger charge is -2.36. The van der Waals surface area contributed by atoms with Crippen LogP contribution in [0.4, 0.5) is 5.82 Å². The van der Waals surface area contributed by atoms with Crippen molar-refractivity contribution in [1.82, 2.24) is 20.0 Å². The molecule has 188 valence electrons. The van der Waals surface area contributed by atoms with Gasteiger partial charge in [-0.3, -0.25) is 9.59 Å². The zero-order valence-corrected chi connectivity index (χ0v) is 22.1. The van der Waals surface area contributed by atoms with Crippen molar-refractivity contribution in [2.75, 3.05) is 37.6 Å². The minimum Gasteiger partial charge on any atom is -0.352 e. The molecule has 2 amide bonds. The molecule has 1 aliphatic rings. The molecule has 0 spiro atoms. The summed E-state index contributed by atoms with van der Waals surface area (Å²) < 4.78 is 0. The van der Waals surface area contributed by atoms with Crippen LogP contribution in [-0.2, 0) is 4.79 Å². The van der Waals surface area contributed by atoms with Crippen LogP contribution in [0.15, 0.2) is 54.6 Å². The number of rotatable bonds is 6. The zero-order valence-electron chi connectivity index (χ0n) is 20.6. The van der Waals surface area contributed by atoms with E-state index < -0.39 is 0 Å². The van der Waals surface area contributed by atoms with Crippen molar-refractivity contribution in [1.29, 1.82) is 0 Å². The van der Waals surface area contributed by atoms with E-state index in [2.05, 4.69) is 34.2 Å². The van der Waals surface area contributed by atoms with Gasteiger partial charge in [-0.1, -0.05) is 53.0 Å². The van der Waals surface area contributed by atoms with Gasteiger partial charge in [0.15, 0.2) is 5.82 Å². The number of benzene rings is 2. The number of aromatic nitrogens is 2. The van der Waals surface area contributed by atoms with Crippen LogP contribution in [0.25, 0.3) is 11.3 Å². The molecule has 0 radical (unpaired) electrons. The first kappa shape index (κ1) is 25.9. The van der Waals surface area contributed by atoms with E-state index >= 15 is 0 Å². The van der Waals surface area contributed by atoms with Gasteiger partial charge in [-0.15, -0.1) is 10.2 Å². The van der Waals surface area contributed by atoms with Gasteiger partial charge in [0.2, 0.25) is 5.91 Å². The highest BCUT2D eigenvalue weighted by Crippen LogP contribution is 2.24. The Labute approximate surface area is 221 Å². The molecule has 36 heavy (non-hydrogen) atoms. The first-order valence-electron chi connectivity index (χ1n) is 11.9. The summed E-state index contributed by atoms with van der Waals surface area (Å²) >= 11 is 12.2. The number of halogens is 2. The Morgan fingerprint density at radius 2 is 1.64 bits per heavy atom. The smallest absolute Gasteiger partial charge is 0.256 e. The maximum absolute atomic E-state index is 13.1. The van der Waals surface area contributed by atoms with E-state index in [9.17, 15) is 9.59 Å². The van der Waals surface area contributed by atoms with Crippen molar-refractivity contribution in [3.8, 4) is 11.3 Å². The van der Waals surface area contributed by atoms with Gasteiger partial charge in [0.1, 0.15) is 6.54 Å². The van der Waals surface area contributed by atoms with Crippen LogP contribution >= 0.6 is 23.2 Å². The van der Waals surface area contributed by atoms with Crippen molar-refractivity contribution < 1.29 is 9.59 Å². The number of nitrogens with zero attached hydrogens (tertiary/aromatic N) is 5. The van der Waals surface area contributed by atoms with Crippen LogP contribution < -0.4 is 4.90 Å². The lowest BCUT2D eigenvalue weighted by atomic mass is 10.1. The molecule has 1 saturated heterocycles. The van der Waals surface area contributed by atoms with Crippen molar-refractivity contribution in [3.05, 3.63) is 75.8 Å². The third kappa shape index (κ3) is 5.97. The van der Waals surface area contributed by atoms with Crippen molar-refractivity contribution in [3.63, 3.8) is 0 Å². The Morgan fingerprint density at radius 1 is 0.944 bits per heavy atom. The van der Waals surface area contributed by atoms with Gasteiger partial charge in [-0.05, 0) is 51.1 Å². The van der Waals surface area contributed by atoms with Crippen LogP contribution in [0.5, 0.6) is 0 Å². The molecule has 7 nitrogen and oxygen atoms in total. The predicted molar refractivity (Wildman–Crippen MR) is 144 cm³/mol. The number of anilines is 1. The molecule has 0 N–H and O–H groups in total. The summed E-state index contributed by atoms with van der Waals surface area (Å²) in [5.74, 6) is 0.402. The fourth-order valence-corrected chi connectivity index (χ4v) is 4.60. The molecule has 1 aliphatic heterocycles. The highest BCUT2D eigenvalue weighted by Gasteiger charge is 2.28. The molecular weight excluding hydrogens is 497 g/mol. The molecule has 4 rings (SSSR count). The Hall–Kier alpha value is -3.16. The van der Waals surface area contributed by atoms with Gasteiger partial charge in [-0.25, -0.2) is 0 Å².